The van der Waals surface area contributed by atoms with Gasteiger partial charge in [-0.15, -0.1) is 10.2 Å². The third-order valence-corrected chi connectivity index (χ3v) is 3.54. The molecule has 0 bridgehead atoms. The molecule has 1 aromatic carbocycles. The summed E-state index contributed by atoms with van der Waals surface area (Å²) in [7, 11) is 3.75. The Morgan fingerprint density at radius 2 is 2.05 bits per heavy atom. The molecule has 100 valence electrons. The van der Waals surface area contributed by atoms with Gasteiger partial charge >= 0.3 is 0 Å². The third-order valence-electron chi connectivity index (χ3n) is 2.28. The van der Waals surface area contributed by atoms with E-state index in [1.807, 2.05) is 25.1 Å². The lowest BCUT2D eigenvalue weighted by molar-refractivity contribution is 0.102. The average Bonchev–Trinajstić information content (AvgIpc) is 2.75. The molecule has 0 atom stereocenters. The molecule has 1 aromatic heterocycles. The molecular weight excluding hydrogens is 307 g/mol. The predicted octanol–water partition coefficient (Wildman–Crippen LogP) is 3.16. The van der Waals surface area contributed by atoms with E-state index in [2.05, 4.69) is 15.5 Å². The van der Waals surface area contributed by atoms with Crippen LogP contribution in [0.1, 0.15) is 9.80 Å². The molecule has 0 radical (unpaired) electrons. The van der Waals surface area contributed by atoms with E-state index in [0.717, 1.165) is 17.0 Å². The standard InChI is InChI=1S/C11H10Cl2N4OS/c1-17(2)8-4-3-6(12)5-7(8)14-9(18)10-15-16-11(13)19-10/h3-5H,1-2H3,(H,14,18). The summed E-state index contributed by atoms with van der Waals surface area (Å²) in [5.74, 6) is -0.366. The Morgan fingerprint density at radius 1 is 1.32 bits per heavy atom. The molecule has 1 heterocycles. The van der Waals surface area contributed by atoms with Crippen molar-refractivity contribution in [3.8, 4) is 0 Å². The number of nitrogens with one attached hydrogen (secondary N) is 1. The Hall–Kier alpha value is -1.37. The van der Waals surface area contributed by atoms with Crippen LogP contribution in [0.4, 0.5) is 11.4 Å². The van der Waals surface area contributed by atoms with Crippen molar-refractivity contribution in [2.24, 2.45) is 0 Å². The molecule has 8 heteroatoms. The number of halogens is 2. The molecule has 0 aliphatic heterocycles. The van der Waals surface area contributed by atoms with Crippen molar-refractivity contribution >= 4 is 51.8 Å². The number of rotatable bonds is 3. The van der Waals surface area contributed by atoms with E-state index >= 15 is 0 Å². The number of anilines is 2. The van der Waals surface area contributed by atoms with Crippen molar-refractivity contribution in [2.45, 2.75) is 0 Å². The second-order valence-corrected chi connectivity index (χ2v) is 5.87. The molecule has 0 fully saturated rings. The number of hydrogen-bond acceptors (Lipinski definition) is 5. The van der Waals surface area contributed by atoms with E-state index in [0.29, 0.717) is 10.7 Å². The average molecular weight is 317 g/mol. The van der Waals surface area contributed by atoms with Crippen LogP contribution in [-0.2, 0) is 0 Å². The Kier molecular flexibility index (Phi) is 4.24. The molecule has 0 aliphatic carbocycles. The summed E-state index contributed by atoms with van der Waals surface area (Å²) in [5, 5.41) is 10.8. The minimum atomic E-state index is -0.366. The Bertz CT molecular complexity index is 614. The predicted molar refractivity (Wildman–Crippen MR) is 78.7 cm³/mol. The molecule has 2 rings (SSSR count). The smallest absolute Gasteiger partial charge is 0.286 e. The summed E-state index contributed by atoms with van der Waals surface area (Å²) in [6.45, 7) is 0. The largest absolute Gasteiger partial charge is 0.376 e. The fourth-order valence-electron chi connectivity index (χ4n) is 1.47. The highest BCUT2D eigenvalue weighted by atomic mass is 35.5. The summed E-state index contributed by atoms with van der Waals surface area (Å²) in [6.07, 6.45) is 0. The van der Waals surface area contributed by atoms with Gasteiger partial charge in [-0.2, -0.15) is 0 Å². The van der Waals surface area contributed by atoms with Crippen LogP contribution in [-0.4, -0.2) is 30.2 Å². The van der Waals surface area contributed by atoms with Gasteiger partial charge in [0.25, 0.3) is 5.91 Å². The van der Waals surface area contributed by atoms with E-state index in [1.165, 1.54) is 0 Å². The number of carbonyl (C=O) groups excluding carboxylic acids is 1. The number of benzene rings is 1. The lowest BCUT2D eigenvalue weighted by atomic mass is 10.2. The normalized spacial score (nSPS) is 10.3. The maximum Gasteiger partial charge on any atom is 0.286 e. The van der Waals surface area contributed by atoms with Crippen LogP contribution in [0.15, 0.2) is 18.2 Å². The molecule has 2 aromatic rings. The van der Waals surface area contributed by atoms with Crippen molar-refractivity contribution in [1.82, 2.24) is 10.2 Å². The zero-order valence-electron chi connectivity index (χ0n) is 10.1. The molecule has 0 spiro atoms. The van der Waals surface area contributed by atoms with Crippen LogP contribution in [0, 0.1) is 0 Å². The fourth-order valence-corrected chi connectivity index (χ4v) is 2.37. The van der Waals surface area contributed by atoms with Gasteiger partial charge in [0.15, 0.2) is 0 Å². The molecule has 5 nitrogen and oxygen atoms in total. The quantitative estimate of drug-likeness (QED) is 0.945. The fraction of sp³-hybridized carbons (Fsp3) is 0.182. The van der Waals surface area contributed by atoms with Crippen molar-refractivity contribution in [1.29, 1.82) is 0 Å². The lowest BCUT2D eigenvalue weighted by Crippen LogP contribution is -2.16. The first-order valence-electron chi connectivity index (χ1n) is 5.24. The third kappa shape index (κ3) is 3.34. The van der Waals surface area contributed by atoms with Crippen LogP contribution >= 0.6 is 34.5 Å². The maximum atomic E-state index is 12.0. The van der Waals surface area contributed by atoms with Gasteiger partial charge in [0, 0.05) is 19.1 Å². The first-order chi connectivity index (χ1) is 8.97. The van der Waals surface area contributed by atoms with Crippen LogP contribution in [0.25, 0.3) is 0 Å². The highest BCUT2D eigenvalue weighted by Gasteiger charge is 2.15. The van der Waals surface area contributed by atoms with E-state index < -0.39 is 0 Å². The SMILES string of the molecule is CN(C)c1ccc(Cl)cc1NC(=O)c1nnc(Cl)s1. The lowest BCUT2D eigenvalue weighted by Gasteiger charge is -2.17. The van der Waals surface area contributed by atoms with Gasteiger partial charge in [0.05, 0.1) is 11.4 Å². The first-order valence-corrected chi connectivity index (χ1v) is 6.82. The van der Waals surface area contributed by atoms with Crippen LogP contribution in [0.3, 0.4) is 0 Å². The monoisotopic (exact) mass is 316 g/mol. The van der Waals surface area contributed by atoms with E-state index in [1.54, 1.807) is 12.1 Å². The van der Waals surface area contributed by atoms with Crippen molar-refractivity contribution in [3.63, 3.8) is 0 Å². The van der Waals surface area contributed by atoms with E-state index in [9.17, 15) is 4.79 Å². The second-order valence-electron chi connectivity index (χ2n) is 3.87. The van der Waals surface area contributed by atoms with Gasteiger partial charge in [-0.1, -0.05) is 22.9 Å². The van der Waals surface area contributed by atoms with E-state index in [-0.39, 0.29) is 15.4 Å². The van der Waals surface area contributed by atoms with Crippen molar-refractivity contribution in [3.05, 3.63) is 32.7 Å². The topological polar surface area (TPSA) is 58.1 Å². The molecular formula is C11H10Cl2N4OS. The highest BCUT2D eigenvalue weighted by molar-refractivity contribution is 7.17. The summed E-state index contributed by atoms with van der Waals surface area (Å²) >= 11 is 12.6. The van der Waals surface area contributed by atoms with Crippen molar-refractivity contribution < 1.29 is 4.79 Å². The van der Waals surface area contributed by atoms with Gasteiger partial charge in [-0.05, 0) is 29.8 Å². The summed E-state index contributed by atoms with van der Waals surface area (Å²) in [5.41, 5.74) is 1.45. The summed E-state index contributed by atoms with van der Waals surface area (Å²) in [4.78, 5) is 13.9. The minimum absolute atomic E-state index is 0.203. The van der Waals surface area contributed by atoms with Gasteiger partial charge in [-0.3, -0.25) is 4.79 Å². The zero-order chi connectivity index (χ0) is 14.0. The zero-order valence-corrected chi connectivity index (χ0v) is 12.5. The van der Waals surface area contributed by atoms with Gasteiger partial charge in [-0.25, -0.2) is 0 Å². The number of hydrogen-bond donors (Lipinski definition) is 1. The Balaban J connectivity index is 2.27. The number of amides is 1. The molecule has 1 N–H and O–H groups in total. The molecule has 1 amide bonds. The first kappa shape index (κ1) is 14.0. The summed E-state index contributed by atoms with van der Waals surface area (Å²) in [6, 6.07) is 5.26. The highest BCUT2D eigenvalue weighted by Crippen LogP contribution is 2.28. The van der Waals surface area contributed by atoms with Gasteiger partial charge in [0.1, 0.15) is 0 Å². The molecule has 0 saturated carbocycles. The summed E-state index contributed by atoms with van der Waals surface area (Å²) < 4.78 is 0.226. The van der Waals surface area contributed by atoms with E-state index in [4.69, 9.17) is 23.2 Å². The molecule has 0 unspecified atom stereocenters. The van der Waals surface area contributed by atoms with Crippen LogP contribution < -0.4 is 10.2 Å². The van der Waals surface area contributed by atoms with Crippen LogP contribution in [0.5, 0.6) is 0 Å². The number of aromatic nitrogens is 2. The molecule has 19 heavy (non-hydrogen) atoms. The maximum absolute atomic E-state index is 12.0. The van der Waals surface area contributed by atoms with Crippen molar-refractivity contribution in [2.75, 3.05) is 24.3 Å². The van der Waals surface area contributed by atoms with Gasteiger partial charge < -0.3 is 10.2 Å². The Morgan fingerprint density at radius 3 is 2.63 bits per heavy atom. The van der Waals surface area contributed by atoms with Gasteiger partial charge in [0.2, 0.25) is 9.47 Å². The molecule has 0 aliphatic rings. The number of carbonyl (C=O) groups is 1. The molecule has 0 saturated heterocycles. The second kappa shape index (κ2) is 5.73. The Labute approximate surface area is 124 Å². The minimum Gasteiger partial charge on any atom is -0.376 e. The number of nitrogens with zero attached hydrogens (tertiary/aromatic N) is 3. The van der Waals surface area contributed by atoms with Crippen LogP contribution in [0.2, 0.25) is 9.49 Å².